The number of sulfonamides is 1. The number of anilines is 1. The maximum atomic E-state index is 12.7. The third-order valence-electron chi connectivity index (χ3n) is 4.34. The Morgan fingerprint density at radius 1 is 1.10 bits per heavy atom. The Bertz CT molecular complexity index is 1250. The standard InChI is InChI=1S/C22H19N3O4S/c1-15-8-9-20(30(24,27)28)12-21(15)22(26)25-18-6-3-7-19(11-18)29-14-17-5-2-4-16(10-17)13-23/h2-12H,14H2,1H3,(H,25,26)(H2,24,27,28). The van der Waals surface area contributed by atoms with Crippen LogP contribution in [0.4, 0.5) is 5.69 Å². The van der Waals surface area contributed by atoms with E-state index in [4.69, 9.17) is 15.1 Å². The minimum absolute atomic E-state index is 0.130. The number of ether oxygens (including phenoxy) is 1. The average molecular weight is 421 g/mol. The SMILES string of the molecule is Cc1ccc(S(N)(=O)=O)cc1C(=O)Nc1cccc(OCc2cccc(C#N)c2)c1. The van der Waals surface area contributed by atoms with Crippen molar-refractivity contribution in [1.29, 1.82) is 5.26 Å². The lowest BCUT2D eigenvalue weighted by atomic mass is 10.1. The molecule has 0 spiro atoms. The zero-order valence-corrected chi connectivity index (χ0v) is 16.9. The Balaban J connectivity index is 1.74. The highest BCUT2D eigenvalue weighted by Gasteiger charge is 2.15. The lowest BCUT2D eigenvalue weighted by Gasteiger charge is -2.11. The average Bonchev–Trinajstić information content (AvgIpc) is 2.72. The van der Waals surface area contributed by atoms with Crippen LogP contribution in [0.2, 0.25) is 0 Å². The van der Waals surface area contributed by atoms with Gasteiger partial charge in [-0.05, 0) is 54.4 Å². The Morgan fingerprint density at radius 2 is 1.87 bits per heavy atom. The molecule has 3 aromatic rings. The van der Waals surface area contributed by atoms with E-state index in [-0.39, 0.29) is 17.1 Å². The third-order valence-corrected chi connectivity index (χ3v) is 5.25. The first-order valence-electron chi connectivity index (χ1n) is 8.93. The predicted octanol–water partition coefficient (Wildman–Crippen LogP) is 3.35. The first-order chi connectivity index (χ1) is 14.3. The summed E-state index contributed by atoms with van der Waals surface area (Å²) in [5.41, 5.74) is 2.71. The van der Waals surface area contributed by atoms with Crippen LogP contribution in [-0.4, -0.2) is 14.3 Å². The molecule has 3 N–H and O–H groups in total. The van der Waals surface area contributed by atoms with E-state index in [1.165, 1.54) is 18.2 Å². The van der Waals surface area contributed by atoms with E-state index in [9.17, 15) is 13.2 Å². The Labute approximate surface area is 174 Å². The van der Waals surface area contributed by atoms with Crippen molar-refractivity contribution in [2.24, 2.45) is 5.14 Å². The van der Waals surface area contributed by atoms with Crippen molar-refractivity contribution in [2.45, 2.75) is 18.4 Å². The Hall–Kier alpha value is -3.67. The van der Waals surface area contributed by atoms with Gasteiger partial charge >= 0.3 is 0 Å². The fraction of sp³-hybridized carbons (Fsp3) is 0.0909. The van der Waals surface area contributed by atoms with Crippen molar-refractivity contribution in [3.8, 4) is 11.8 Å². The lowest BCUT2D eigenvalue weighted by molar-refractivity contribution is 0.102. The van der Waals surface area contributed by atoms with Crippen molar-refractivity contribution in [2.75, 3.05) is 5.32 Å². The number of carbonyl (C=O) groups is 1. The first kappa shape index (κ1) is 21.0. The summed E-state index contributed by atoms with van der Waals surface area (Å²) in [6, 6.07) is 20.1. The molecular formula is C22H19N3O4S. The van der Waals surface area contributed by atoms with Crippen LogP contribution in [0.5, 0.6) is 5.75 Å². The van der Waals surface area contributed by atoms with Gasteiger partial charge in [-0.3, -0.25) is 4.79 Å². The highest BCUT2D eigenvalue weighted by atomic mass is 32.2. The molecule has 0 aromatic heterocycles. The first-order valence-corrected chi connectivity index (χ1v) is 10.5. The molecule has 0 aliphatic rings. The van der Waals surface area contributed by atoms with Crippen molar-refractivity contribution < 1.29 is 17.9 Å². The number of benzene rings is 3. The maximum Gasteiger partial charge on any atom is 0.255 e. The molecule has 0 saturated carbocycles. The number of hydrogen-bond acceptors (Lipinski definition) is 5. The molecule has 0 heterocycles. The van der Waals surface area contributed by atoms with Gasteiger partial charge in [-0.15, -0.1) is 0 Å². The van der Waals surface area contributed by atoms with Crippen molar-refractivity contribution in [3.05, 3.63) is 89.0 Å². The molecule has 0 unspecified atom stereocenters. The summed E-state index contributed by atoms with van der Waals surface area (Å²) < 4.78 is 28.9. The van der Waals surface area contributed by atoms with Crippen LogP contribution in [0.15, 0.2) is 71.6 Å². The Morgan fingerprint density at radius 3 is 2.60 bits per heavy atom. The highest BCUT2D eigenvalue weighted by molar-refractivity contribution is 7.89. The van der Waals surface area contributed by atoms with Crippen LogP contribution in [0.3, 0.4) is 0 Å². The molecule has 0 radical (unpaired) electrons. The van der Waals surface area contributed by atoms with E-state index in [0.717, 1.165) is 5.56 Å². The van der Waals surface area contributed by atoms with Gasteiger partial charge in [0.2, 0.25) is 10.0 Å². The topological polar surface area (TPSA) is 122 Å². The van der Waals surface area contributed by atoms with Crippen LogP contribution in [0, 0.1) is 18.3 Å². The number of nitrogens with one attached hydrogen (secondary N) is 1. The zero-order valence-electron chi connectivity index (χ0n) is 16.1. The van der Waals surface area contributed by atoms with Gasteiger partial charge in [0.05, 0.1) is 16.5 Å². The molecule has 152 valence electrons. The van der Waals surface area contributed by atoms with Gasteiger partial charge in [-0.2, -0.15) is 5.26 Å². The number of primary sulfonamides is 1. The van der Waals surface area contributed by atoms with Crippen LogP contribution in [0.1, 0.15) is 27.0 Å². The van der Waals surface area contributed by atoms with Crippen molar-refractivity contribution in [1.82, 2.24) is 0 Å². The van der Waals surface area contributed by atoms with E-state index >= 15 is 0 Å². The molecule has 0 atom stereocenters. The van der Waals surface area contributed by atoms with Crippen LogP contribution in [0.25, 0.3) is 0 Å². The normalized spacial score (nSPS) is 10.8. The largest absolute Gasteiger partial charge is 0.489 e. The van der Waals surface area contributed by atoms with Crippen molar-refractivity contribution >= 4 is 21.6 Å². The molecule has 3 aromatic carbocycles. The van der Waals surface area contributed by atoms with Gasteiger partial charge < -0.3 is 10.1 Å². The van der Waals surface area contributed by atoms with E-state index in [1.807, 2.05) is 6.07 Å². The van der Waals surface area contributed by atoms with Gasteiger partial charge in [0.25, 0.3) is 5.91 Å². The molecule has 8 heteroatoms. The summed E-state index contributed by atoms with van der Waals surface area (Å²) >= 11 is 0. The molecule has 0 saturated heterocycles. The van der Waals surface area contributed by atoms with Crippen LogP contribution < -0.4 is 15.2 Å². The number of hydrogen-bond donors (Lipinski definition) is 2. The zero-order chi connectivity index (χ0) is 21.7. The fourth-order valence-corrected chi connectivity index (χ4v) is 3.32. The molecule has 30 heavy (non-hydrogen) atoms. The van der Waals surface area contributed by atoms with Gasteiger partial charge in [-0.25, -0.2) is 13.6 Å². The minimum Gasteiger partial charge on any atom is -0.489 e. The summed E-state index contributed by atoms with van der Waals surface area (Å²) in [5, 5.41) is 16.9. The Kier molecular flexibility index (Phi) is 6.16. The molecule has 0 aliphatic heterocycles. The summed E-state index contributed by atoms with van der Waals surface area (Å²) in [4.78, 5) is 12.5. The number of carbonyl (C=O) groups excluding carboxylic acids is 1. The summed E-state index contributed by atoms with van der Waals surface area (Å²) in [5.74, 6) is 0.0713. The molecular weight excluding hydrogens is 402 g/mol. The van der Waals surface area contributed by atoms with Gasteiger partial charge in [0.1, 0.15) is 12.4 Å². The number of amides is 1. The number of nitriles is 1. The minimum atomic E-state index is -3.91. The fourth-order valence-electron chi connectivity index (χ4n) is 2.78. The second-order valence-electron chi connectivity index (χ2n) is 6.60. The summed E-state index contributed by atoms with van der Waals surface area (Å²) in [6.45, 7) is 1.97. The lowest BCUT2D eigenvalue weighted by Crippen LogP contribution is -2.17. The summed E-state index contributed by atoms with van der Waals surface area (Å²) in [6.07, 6.45) is 0. The van der Waals surface area contributed by atoms with E-state index in [1.54, 1.807) is 49.4 Å². The van der Waals surface area contributed by atoms with Gasteiger partial charge in [0, 0.05) is 17.3 Å². The third kappa shape index (κ3) is 5.23. The van der Waals surface area contributed by atoms with Crippen LogP contribution >= 0.6 is 0 Å². The van der Waals surface area contributed by atoms with Crippen LogP contribution in [-0.2, 0) is 16.6 Å². The van der Waals surface area contributed by atoms with Gasteiger partial charge in [-0.1, -0.05) is 24.3 Å². The monoisotopic (exact) mass is 421 g/mol. The molecule has 0 bridgehead atoms. The smallest absolute Gasteiger partial charge is 0.255 e. The maximum absolute atomic E-state index is 12.7. The molecule has 0 aliphatic carbocycles. The molecule has 0 fully saturated rings. The number of nitrogens with zero attached hydrogens (tertiary/aromatic N) is 1. The van der Waals surface area contributed by atoms with Crippen molar-refractivity contribution in [3.63, 3.8) is 0 Å². The molecule has 1 amide bonds. The van der Waals surface area contributed by atoms with E-state index in [0.29, 0.717) is 22.6 Å². The summed E-state index contributed by atoms with van der Waals surface area (Å²) in [7, 11) is -3.91. The highest BCUT2D eigenvalue weighted by Crippen LogP contribution is 2.21. The molecule has 3 rings (SSSR count). The number of rotatable bonds is 6. The second-order valence-corrected chi connectivity index (χ2v) is 8.17. The number of aryl methyl sites for hydroxylation is 1. The van der Waals surface area contributed by atoms with Gasteiger partial charge in [0.15, 0.2) is 0 Å². The van der Waals surface area contributed by atoms with E-state index < -0.39 is 15.9 Å². The second kappa shape index (κ2) is 8.78. The predicted molar refractivity (Wildman–Crippen MR) is 112 cm³/mol. The quantitative estimate of drug-likeness (QED) is 0.632. The molecule has 7 nitrogen and oxygen atoms in total. The van der Waals surface area contributed by atoms with E-state index in [2.05, 4.69) is 11.4 Å². The number of nitrogens with two attached hydrogens (primary N) is 1.